The number of carbonyl (C=O) groups excluding carboxylic acids is 3. The van der Waals surface area contributed by atoms with Gasteiger partial charge in [0, 0.05) is 37.5 Å². The van der Waals surface area contributed by atoms with Crippen LogP contribution in [0.15, 0.2) is 59.7 Å². The molecule has 1 fully saturated rings. The summed E-state index contributed by atoms with van der Waals surface area (Å²) in [5.41, 5.74) is 3.17. The summed E-state index contributed by atoms with van der Waals surface area (Å²) in [6.45, 7) is 3.55. The molecule has 166 valence electrons. The number of hydrogen-bond acceptors (Lipinski definition) is 4. The maximum absolute atomic E-state index is 12.8. The van der Waals surface area contributed by atoms with Gasteiger partial charge in [0.2, 0.25) is 5.91 Å². The van der Waals surface area contributed by atoms with Gasteiger partial charge in [-0.3, -0.25) is 14.4 Å². The molecule has 0 spiro atoms. The smallest absolute Gasteiger partial charge is 0.267 e. The lowest BCUT2D eigenvalue weighted by Crippen LogP contribution is -2.49. The van der Waals surface area contributed by atoms with E-state index in [0.29, 0.717) is 50.2 Å². The van der Waals surface area contributed by atoms with E-state index in [1.807, 2.05) is 66.4 Å². The molecule has 0 unspecified atom stereocenters. The highest BCUT2D eigenvalue weighted by molar-refractivity contribution is 6.39. The highest BCUT2D eigenvalue weighted by atomic mass is 16.2. The number of rotatable bonds is 5. The molecule has 0 bridgehead atoms. The van der Waals surface area contributed by atoms with Crippen LogP contribution in [0, 0.1) is 6.92 Å². The van der Waals surface area contributed by atoms with Gasteiger partial charge in [-0.05, 0) is 37.5 Å². The van der Waals surface area contributed by atoms with Crippen LogP contribution in [0.25, 0.3) is 0 Å². The minimum Gasteiger partial charge on any atom is -0.348 e. The number of benzene rings is 2. The molecule has 7 heteroatoms. The van der Waals surface area contributed by atoms with Crippen LogP contribution < -0.4 is 5.32 Å². The van der Waals surface area contributed by atoms with Crippen LogP contribution in [0.2, 0.25) is 0 Å². The lowest BCUT2D eigenvalue weighted by Gasteiger charge is -2.33. The molecule has 1 saturated heterocycles. The Labute approximate surface area is 188 Å². The van der Waals surface area contributed by atoms with Crippen molar-refractivity contribution in [3.63, 3.8) is 0 Å². The Morgan fingerprint density at radius 1 is 1.00 bits per heavy atom. The van der Waals surface area contributed by atoms with Crippen LogP contribution >= 0.6 is 0 Å². The Morgan fingerprint density at radius 3 is 2.38 bits per heavy atom. The molecule has 0 aliphatic carbocycles. The average Bonchev–Trinajstić information content (AvgIpc) is 2.82. The number of aryl methyl sites for hydroxylation is 1. The molecule has 2 aromatic carbocycles. The van der Waals surface area contributed by atoms with E-state index in [0.717, 1.165) is 11.1 Å². The summed E-state index contributed by atoms with van der Waals surface area (Å²) in [7, 11) is 0. The van der Waals surface area contributed by atoms with Gasteiger partial charge in [-0.2, -0.15) is 5.10 Å². The van der Waals surface area contributed by atoms with Crippen LogP contribution in [0.4, 0.5) is 0 Å². The summed E-state index contributed by atoms with van der Waals surface area (Å²) < 4.78 is 0. The van der Waals surface area contributed by atoms with Gasteiger partial charge in [-0.15, -0.1) is 0 Å². The lowest BCUT2D eigenvalue weighted by atomic mass is 10.0. The number of amides is 3. The van der Waals surface area contributed by atoms with E-state index in [2.05, 4.69) is 10.4 Å². The summed E-state index contributed by atoms with van der Waals surface area (Å²) in [6, 6.07) is 17.2. The van der Waals surface area contributed by atoms with Crippen molar-refractivity contribution < 1.29 is 14.4 Å². The number of hydrazone groups is 1. The van der Waals surface area contributed by atoms with E-state index in [4.69, 9.17) is 0 Å². The second-order valence-electron chi connectivity index (χ2n) is 8.39. The van der Waals surface area contributed by atoms with Gasteiger partial charge < -0.3 is 10.2 Å². The molecule has 2 aliphatic rings. The molecular weight excluding hydrogens is 404 g/mol. The third kappa shape index (κ3) is 5.22. The van der Waals surface area contributed by atoms with Gasteiger partial charge in [-0.25, -0.2) is 5.01 Å². The number of hydrogen-bond donors (Lipinski definition) is 1. The van der Waals surface area contributed by atoms with E-state index in [-0.39, 0.29) is 30.2 Å². The molecule has 4 rings (SSSR count). The molecular formula is C25H28N4O3. The molecule has 0 radical (unpaired) electrons. The lowest BCUT2D eigenvalue weighted by molar-refractivity contribution is -0.132. The fourth-order valence-corrected chi connectivity index (χ4v) is 4.02. The fourth-order valence-electron chi connectivity index (χ4n) is 4.02. The van der Waals surface area contributed by atoms with Crippen molar-refractivity contribution >= 4 is 23.4 Å². The molecule has 0 aromatic heterocycles. The summed E-state index contributed by atoms with van der Waals surface area (Å²) >= 11 is 0. The highest BCUT2D eigenvalue weighted by Gasteiger charge is 2.28. The zero-order valence-corrected chi connectivity index (χ0v) is 18.3. The molecule has 2 heterocycles. The van der Waals surface area contributed by atoms with Gasteiger partial charge in [0.15, 0.2) is 0 Å². The van der Waals surface area contributed by atoms with Crippen molar-refractivity contribution in [1.29, 1.82) is 0 Å². The van der Waals surface area contributed by atoms with E-state index >= 15 is 0 Å². The molecule has 3 amide bonds. The molecule has 0 saturated carbocycles. The molecule has 2 aromatic rings. The molecule has 2 aliphatic heterocycles. The third-order valence-corrected chi connectivity index (χ3v) is 5.96. The van der Waals surface area contributed by atoms with Crippen LogP contribution in [-0.4, -0.2) is 52.5 Å². The average molecular weight is 433 g/mol. The second kappa shape index (κ2) is 9.77. The van der Waals surface area contributed by atoms with E-state index in [1.54, 1.807) is 0 Å². The minimum absolute atomic E-state index is 0.00697. The summed E-state index contributed by atoms with van der Waals surface area (Å²) in [5, 5.41) is 8.77. The monoisotopic (exact) mass is 432 g/mol. The van der Waals surface area contributed by atoms with Crippen molar-refractivity contribution in [3.8, 4) is 0 Å². The summed E-state index contributed by atoms with van der Waals surface area (Å²) in [5.74, 6) is -0.270. The van der Waals surface area contributed by atoms with Crippen LogP contribution in [0.5, 0.6) is 0 Å². The maximum Gasteiger partial charge on any atom is 0.267 e. The first-order valence-electron chi connectivity index (χ1n) is 11.1. The minimum atomic E-state index is -0.223. The van der Waals surface area contributed by atoms with Gasteiger partial charge in [0.1, 0.15) is 5.71 Å². The van der Waals surface area contributed by atoms with E-state index in [9.17, 15) is 14.4 Å². The Hall–Kier alpha value is -3.48. The van der Waals surface area contributed by atoms with Crippen LogP contribution in [0.1, 0.15) is 47.2 Å². The van der Waals surface area contributed by atoms with Gasteiger partial charge in [0.25, 0.3) is 11.8 Å². The highest BCUT2D eigenvalue weighted by Crippen LogP contribution is 2.17. The normalized spacial score (nSPS) is 17.2. The predicted molar refractivity (Wildman–Crippen MR) is 122 cm³/mol. The number of nitrogens with one attached hydrogen (secondary N) is 1. The number of carbonyl (C=O) groups is 3. The Morgan fingerprint density at radius 2 is 1.69 bits per heavy atom. The van der Waals surface area contributed by atoms with Gasteiger partial charge in [-0.1, -0.05) is 48.0 Å². The van der Waals surface area contributed by atoms with Crippen molar-refractivity contribution in [2.75, 3.05) is 13.1 Å². The third-order valence-electron chi connectivity index (χ3n) is 5.96. The number of piperidine rings is 1. The molecule has 32 heavy (non-hydrogen) atoms. The van der Waals surface area contributed by atoms with Gasteiger partial charge >= 0.3 is 0 Å². The van der Waals surface area contributed by atoms with Crippen molar-refractivity contribution in [2.24, 2.45) is 5.10 Å². The van der Waals surface area contributed by atoms with Crippen molar-refractivity contribution in [3.05, 3.63) is 71.3 Å². The number of nitrogens with zero attached hydrogens (tertiary/aromatic N) is 3. The first kappa shape index (κ1) is 21.7. The maximum atomic E-state index is 12.8. The molecule has 1 N–H and O–H groups in total. The van der Waals surface area contributed by atoms with Gasteiger partial charge in [0.05, 0.1) is 6.54 Å². The SMILES string of the molecule is Cc1ccc(C(=O)N2CCC(NC(=O)C3=NN(Cc4ccccc4)C(=O)CC3)CC2)cc1. The topological polar surface area (TPSA) is 82.1 Å². The Balaban J connectivity index is 1.31. The second-order valence-corrected chi connectivity index (χ2v) is 8.39. The van der Waals surface area contributed by atoms with E-state index in [1.165, 1.54) is 5.01 Å². The molecule has 7 nitrogen and oxygen atoms in total. The van der Waals surface area contributed by atoms with Crippen molar-refractivity contribution in [1.82, 2.24) is 15.2 Å². The zero-order valence-electron chi connectivity index (χ0n) is 18.3. The summed E-state index contributed by atoms with van der Waals surface area (Å²) in [4.78, 5) is 39.5. The Bertz CT molecular complexity index is 1010. The zero-order chi connectivity index (χ0) is 22.5. The largest absolute Gasteiger partial charge is 0.348 e. The van der Waals surface area contributed by atoms with E-state index < -0.39 is 0 Å². The van der Waals surface area contributed by atoms with Crippen LogP contribution in [-0.2, 0) is 16.1 Å². The summed E-state index contributed by atoms with van der Waals surface area (Å²) in [6.07, 6.45) is 2.02. The first-order chi connectivity index (χ1) is 15.5. The molecule has 0 atom stereocenters. The Kier molecular flexibility index (Phi) is 6.63. The quantitative estimate of drug-likeness (QED) is 0.789. The van der Waals surface area contributed by atoms with Crippen LogP contribution in [0.3, 0.4) is 0 Å². The van der Waals surface area contributed by atoms with Crippen molar-refractivity contribution in [2.45, 2.75) is 45.2 Å². The predicted octanol–water partition coefficient (Wildman–Crippen LogP) is 2.89. The first-order valence-corrected chi connectivity index (χ1v) is 11.1. The standard InChI is InChI=1S/C25H28N4O3/c1-18-7-9-20(10-8-18)25(32)28-15-13-21(14-16-28)26-24(31)22-11-12-23(30)29(27-22)17-19-5-3-2-4-6-19/h2-10,21H,11-17H2,1H3,(H,26,31). The fraction of sp³-hybridized carbons (Fsp3) is 0.360. The number of likely N-dealkylation sites (tertiary alicyclic amines) is 1.